The van der Waals surface area contributed by atoms with Crippen LogP contribution in [0.2, 0.25) is 0 Å². The number of ether oxygens (including phenoxy) is 1. The molecule has 0 amide bonds. The first-order valence-electron chi connectivity index (χ1n) is 8.28. The number of sulfonamides is 1. The zero-order valence-electron chi connectivity index (χ0n) is 14.7. The lowest BCUT2D eigenvalue weighted by Gasteiger charge is -2.07. The molecule has 0 spiro atoms. The van der Waals surface area contributed by atoms with E-state index in [1.807, 2.05) is 6.92 Å². The molecule has 0 aromatic heterocycles. The van der Waals surface area contributed by atoms with Gasteiger partial charge in [0.2, 0.25) is 10.0 Å². The van der Waals surface area contributed by atoms with E-state index in [2.05, 4.69) is 0 Å². The van der Waals surface area contributed by atoms with Crippen LogP contribution in [-0.2, 0) is 19.6 Å². The molecule has 0 saturated carbocycles. The van der Waals surface area contributed by atoms with Crippen molar-refractivity contribution in [1.29, 1.82) is 0 Å². The van der Waals surface area contributed by atoms with Crippen molar-refractivity contribution in [2.75, 3.05) is 6.61 Å². The van der Waals surface area contributed by atoms with Crippen LogP contribution >= 0.6 is 0 Å². The van der Waals surface area contributed by atoms with Crippen molar-refractivity contribution in [3.8, 4) is 0 Å². The minimum Gasteiger partial charge on any atom is -0.465 e. The van der Waals surface area contributed by atoms with Crippen LogP contribution in [0.4, 0.5) is 5.69 Å². The van der Waals surface area contributed by atoms with Gasteiger partial charge in [0.15, 0.2) is 0 Å². The quantitative estimate of drug-likeness (QED) is 0.325. The minimum atomic E-state index is -3.92. The molecule has 1 heterocycles. The highest BCUT2D eigenvalue weighted by molar-refractivity contribution is 7.89. The van der Waals surface area contributed by atoms with Gasteiger partial charge in [-0.25, -0.2) is 8.42 Å². The molecule has 27 heavy (non-hydrogen) atoms. The number of nitro benzene ring substituents is 1. The van der Waals surface area contributed by atoms with Gasteiger partial charge >= 0.3 is 5.97 Å². The molecule has 1 aliphatic rings. The number of rotatable bonds is 6. The van der Waals surface area contributed by atoms with E-state index in [0.29, 0.717) is 5.56 Å². The summed E-state index contributed by atoms with van der Waals surface area (Å²) in [5.74, 6) is -0.642. The van der Waals surface area contributed by atoms with Crippen LogP contribution < -0.4 is 0 Å². The molecule has 0 radical (unpaired) electrons. The Kier molecular flexibility index (Phi) is 4.99. The van der Waals surface area contributed by atoms with Crippen LogP contribution in [0.15, 0.2) is 53.4 Å². The Bertz CT molecular complexity index is 970. The Morgan fingerprint density at radius 2 is 1.74 bits per heavy atom. The van der Waals surface area contributed by atoms with Crippen LogP contribution in [0, 0.1) is 17.0 Å². The highest BCUT2D eigenvalue weighted by Crippen LogP contribution is 2.48. The van der Waals surface area contributed by atoms with Gasteiger partial charge in [-0.1, -0.05) is 29.8 Å². The van der Waals surface area contributed by atoms with Gasteiger partial charge in [0.25, 0.3) is 5.69 Å². The van der Waals surface area contributed by atoms with Gasteiger partial charge in [-0.15, -0.1) is 0 Å². The molecule has 1 fully saturated rings. The topological polar surface area (TPSA) is 107 Å². The maximum absolute atomic E-state index is 13.0. The fraction of sp³-hybridized carbons (Fsp3) is 0.278. The lowest BCUT2D eigenvalue weighted by Crippen LogP contribution is -2.21. The van der Waals surface area contributed by atoms with E-state index >= 15 is 0 Å². The molecule has 1 saturated heterocycles. The maximum atomic E-state index is 13.0. The summed E-state index contributed by atoms with van der Waals surface area (Å²) in [4.78, 5) is 22.6. The summed E-state index contributed by atoms with van der Waals surface area (Å²) in [5.41, 5.74) is 1.29. The third-order valence-corrected chi connectivity index (χ3v) is 6.20. The summed E-state index contributed by atoms with van der Waals surface area (Å²) in [7, 11) is -3.92. The smallest absolute Gasteiger partial charge is 0.326 e. The van der Waals surface area contributed by atoms with E-state index in [1.54, 1.807) is 19.1 Å². The number of carbonyl (C=O) groups is 1. The standard InChI is InChI=1S/C18H18N2O6S/c1-3-26-18(21)17-16(13-6-8-14(9-7-13)20(22)23)19(17)27(24,25)15-10-4-12(2)5-11-15/h4-11,16-17H,3H2,1-2H3/t16-,17+,19?/m1/s1. The third kappa shape index (κ3) is 3.56. The molecule has 2 aromatic rings. The molecule has 2 aromatic carbocycles. The molecule has 3 rings (SSSR count). The minimum absolute atomic E-state index is 0.0758. The molecular weight excluding hydrogens is 372 g/mol. The predicted octanol–water partition coefficient (Wildman–Crippen LogP) is 2.58. The lowest BCUT2D eigenvalue weighted by molar-refractivity contribution is -0.384. The van der Waals surface area contributed by atoms with Crippen molar-refractivity contribution >= 4 is 21.7 Å². The fourth-order valence-electron chi connectivity index (χ4n) is 2.93. The molecule has 3 atom stereocenters. The number of nitrogens with zero attached hydrogens (tertiary/aromatic N) is 2. The van der Waals surface area contributed by atoms with Gasteiger partial charge in [0, 0.05) is 12.1 Å². The maximum Gasteiger partial charge on any atom is 0.326 e. The van der Waals surface area contributed by atoms with Crippen LogP contribution in [0.5, 0.6) is 0 Å². The first-order valence-corrected chi connectivity index (χ1v) is 9.72. The second-order valence-electron chi connectivity index (χ2n) is 6.14. The zero-order chi connectivity index (χ0) is 19.8. The van der Waals surface area contributed by atoms with Crippen molar-refractivity contribution in [2.24, 2.45) is 0 Å². The average Bonchev–Trinajstić information content (AvgIpc) is 3.39. The number of aryl methyl sites for hydroxylation is 1. The van der Waals surface area contributed by atoms with Gasteiger partial charge in [-0.3, -0.25) is 14.9 Å². The highest BCUT2D eigenvalue weighted by atomic mass is 32.2. The number of nitro groups is 1. The zero-order valence-corrected chi connectivity index (χ0v) is 15.5. The molecular formula is C18H18N2O6S. The normalized spacial score (nSPS) is 21.5. The van der Waals surface area contributed by atoms with Crippen LogP contribution in [0.1, 0.15) is 24.1 Å². The second-order valence-corrected chi connectivity index (χ2v) is 7.98. The SMILES string of the molecule is CCOC(=O)[C@@H]1[C@@H](c2ccc([N+](=O)[O-])cc2)N1S(=O)(=O)c1ccc(C)cc1. The number of hydrogen-bond donors (Lipinski definition) is 0. The highest BCUT2D eigenvalue weighted by Gasteiger charge is 2.61. The van der Waals surface area contributed by atoms with Gasteiger partial charge in [-0.05, 0) is 31.5 Å². The molecule has 1 unspecified atom stereocenters. The van der Waals surface area contributed by atoms with Crippen LogP contribution in [0.25, 0.3) is 0 Å². The van der Waals surface area contributed by atoms with Crippen LogP contribution in [-0.4, -0.2) is 36.3 Å². The number of carbonyl (C=O) groups excluding carboxylic acids is 1. The van der Waals surface area contributed by atoms with Crippen LogP contribution in [0.3, 0.4) is 0 Å². The van der Waals surface area contributed by atoms with Gasteiger partial charge in [0.05, 0.1) is 22.5 Å². The number of esters is 1. The number of non-ortho nitro benzene ring substituents is 1. The molecule has 0 aliphatic carbocycles. The summed E-state index contributed by atoms with van der Waals surface area (Å²) in [6, 6.07) is 10.1. The van der Waals surface area contributed by atoms with Crippen molar-refractivity contribution in [1.82, 2.24) is 4.31 Å². The first kappa shape index (κ1) is 19.0. The lowest BCUT2D eigenvalue weighted by atomic mass is 10.1. The van der Waals surface area contributed by atoms with E-state index in [9.17, 15) is 23.3 Å². The Balaban J connectivity index is 1.97. The Morgan fingerprint density at radius 3 is 2.26 bits per heavy atom. The average molecular weight is 390 g/mol. The number of hydrogen-bond acceptors (Lipinski definition) is 6. The van der Waals surface area contributed by atoms with Crippen molar-refractivity contribution in [2.45, 2.75) is 30.8 Å². The van der Waals surface area contributed by atoms with E-state index in [1.165, 1.54) is 36.4 Å². The van der Waals surface area contributed by atoms with Gasteiger partial charge in [0.1, 0.15) is 6.04 Å². The summed E-state index contributed by atoms with van der Waals surface area (Å²) in [6.07, 6.45) is 0. The summed E-state index contributed by atoms with van der Waals surface area (Å²) in [6.45, 7) is 3.61. The molecule has 0 bridgehead atoms. The Labute approximate surface area is 156 Å². The van der Waals surface area contributed by atoms with E-state index in [-0.39, 0.29) is 17.2 Å². The summed E-state index contributed by atoms with van der Waals surface area (Å²) in [5, 5.41) is 10.8. The van der Waals surface area contributed by atoms with E-state index in [4.69, 9.17) is 4.74 Å². The van der Waals surface area contributed by atoms with E-state index in [0.717, 1.165) is 9.87 Å². The molecule has 0 N–H and O–H groups in total. The van der Waals surface area contributed by atoms with Gasteiger partial charge in [-0.2, -0.15) is 4.31 Å². The molecule has 142 valence electrons. The second kappa shape index (κ2) is 7.09. The fourth-order valence-corrected chi connectivity index (χ4v) is 4.63. The van der Waals surface area contributed by atoms with Gasteiger partial charge < -0.3 is 4.74 Å². The van der Waals surface area contributed by atoms with Crippen molar-refractivity contribution in [3.05, 3.63) is 69.8 Å². The van der Waals surface area contributed by atoms with Crippen molar-refractivity contribution < 1.29 is 22.9 Å². The number of benzene rings is 2. The summed E-state index contributed by atoms with van der Waals surface area (Å²) >= 11 is 0. The first-order chi connectivity index (χ1) is 12.8. The third-order valence-electron chi connectivity index (χ3n) is 4.33. The Morgan fingerprint density at radius 1 is 1.15 bits per heavy atom. The van der Waals surface area contributed by atoms with Crippen molar-refractivity contribution in [3.63, 3.8) is 0 Å². The largest absolute Gasteiger partial charge is 0.465 e. The predicted molar refractivity (Wildman–Crippen MR) is 96.5 cm³/mol. The Hall–Kier alpha value is -2.78. The molecule has 9 heteroatoms. The molecule has 8 nitrogen and oxygen atoms in total. The summed E-state index contributed by atoms with van der Waals surface area (Å²) < 4.78 is 32.1. The molecule has 1 aliphatic heterocycles. The van der Waals surface area contributed by atoms with E-state index < -0.39 is 33.0 Å². The monoisotopic (exact) mass is 390 g/mol.